The summed E-state index contributed by atoms with van der Waals surface area (Å²) in [6, 6.07) is 4.04. The van der Waals surface area contributed by atoms with Crippen LogP contribution < -0.4 is 5.32 Å². The Hall–Kier alpha value is -0.580. The molecule has 0 radical (unpaired) electrons. The first-order valence-corrected chi connectivity index (χ1v) is 6.90. The Kier molecular flexibility index (Phi) is 5.95. The standard InChI is InChI=1S/C13H22N2OS/c1-4-15-13(3,10-16)9-11(2)17-12-5-7-14-8-6-12/h5-8,11,15-16H,4,9-10H2,1-3H3. The molecule has 0 bridgehead atoms. The number of rotatable bonds is 7. The van der Waals surface area contributed by atoms with Gasteiger partial charge in [-0.05, 0) is 32.0 Å². The van der Waals surface area contributed by atoms with E-state index < -0.39 is 0 Å². The smallest absolute Gasteiger partial charge is 0.0611 e. The third kappa shape index (κ3) is 5.06. The summed E-state index contributed by atoms with van der Waals surface area (Å²) in [7, 11) is 0. The maximum atomic E-state index is 9.45. The zero-order valence-corrected chi connectivity index (χ0v) is 11.6. The largest absolute Gasteiger partial charge is 0.394 e. The third-order valence-electron chi connectivity index (χ3n) is 2.68. The van der Waals surface area contributed by atoms with Crippen LogP contribution in [0.1, 0.15) is 27.2 Å². The molecule has 1 aromatic rings. The summed E-state index contributed by atoms with van der Waals surface area (Å²) in [5.41, 5.74) is -0.186. The molecule has 1 aromatic heterocycles. The van der Waals surface area contributed by atoms with Crippen LogP contribution in [-0.4, -0.2) is 34.0 Å². The average Bonchev–Trinajstić information content (AvgIpc) is 2.30. The summed E-state index contributed by atoms with van der Waals surface area (Å²) in [6.45, 7) is 7.37. The first-order valence-electron chi connectivity index (χ1n) is 6.02. The van der Waals surface area contributed by atoms with Gasteiger partial charge in [-0.25, -0.2) is 0 Å². The van der Waals surface area contributed by atoms with Gasteiger partial charge >= 0.3 is 0 Å². The monoisotopic (exact) mass is 254 g/mol. The molecule has 0 aliphatic heterocycles. The number of nitrogens with one attached hydrogen (secondary N) is 1. The fourth-order valence-electron chi connectivity index (χ4n) is 1.94. The second kappa shape index (κ2) is 6.99. The second-order valence-electron chi connectivity index (χ2n) is 4.56. The Bertz CT molecular complexity index is 320. The van der Waals surface area contributed by atoms with E-state index in [1.165, 1.54) is 4.90 Å². The molecular weight excluding hydrogens is 232 g/mol. The number of likely N-dealkylation sites (N-methyl/N-ethyl adjacent to an activating group) is 1. The first kappa shape index (κ1) is 14.5. The van der Waals surface area contributed by atoms with E-state index >= 15 is 0 Å². The molecule has 0 spiro atoms. The molecule has 0 amide bonds. The Labute approximate surface area is 108 Å². The number of thioether (sulfide) groups is 1. The van der Waals surface area contributed by atoms with Crippen LogP contribution in [0.4, 0.5) is 0 Å². The van der Waals surface area contributed by atoms with E-state index in [1.54, 1.807) is 0 Å². The lowest BCUT2D eigenvalue weighted by Crippen LogP contribution is -2.47. The average molecular weight is 254 g/mol. The summed E-state index contributed by atoms with van der Waals surface area (Å²) in [4.78, 5) is 5.23. The topological polar surface area (TPSA) is 45.1 Å². The molecule has 17 heavy (non-hydrogen) atoms. The number of hydrogen-bond acceptors (Lipinski definition) is 4. The van der Waals surface area contributed by atoms with E-state index in [-0.39, 0.29) is 12.1 Å². The predicted octanol–water partition coefficient (Wildman–Crippen LogP) is 2.31. The minimum Gasteiger partial charge on any atom is -0.394 e. The number of aliphatic hydroxyl groups excluding tert-OH is 1. The van der Waals surface area contributed by atoms with Crippen molar-refractivity contribution in [2.45, 2.75) is 42.9 Å². The zero-order chi connectivity index (χ0) is 12.7. The van der Waals surface area contributed by atoms with Gasteiger partial charge in [0.25, 0.3) is 0 Å². The quantitative estimate of drug-likeness (QED) is 0.733. The molecule has 0 fully saturated rings. The summed E-state index contributed by atoms with van der Waals surface area (Å²) in [5.74, 6) is 0. The van der Waals surface area contributed by atoms with Crippen LogP contribution in [0.3, 0.4) is 0 Å². The Morgan fingerprint density at radius 3 is 2.65 bits per heavy atom. The number of hydrogen-bond donors (Lipinski definition) is 2. The van der Waals surface area contributed by atoms with Crippen LogP contribution >= 0.6 is 11.8 Å². The Morgan fingerprint density at radius 2 is 2.12 bits per heavy atom. The number of pyridine rings is 1. The molecule has 0 aliphatic rings. The van der Waals surface area contributed by atoms with Gasteiger partial charge in [0.05, 0.1) is 6.61 Å². The molecule has 1 rings (SSSR count). The Morgan fingerprint density at radius 1 is 1.47 bits per heavy atom. The molecular formula is C13H22N2OS. The van der Waals surface area contributed by atoms with Crippen molar-refractivity contribution in [1.29, 1.82) is 0 Å². The van der Waals surface area contributed by atoms with Gasteiger partial charge in [0.15, 0.2) is 0 Å². The molecule has 2 unspecified atom stereocenters. The van der Waals surface area contributed by atoms with Gasteiger partial charge in [0, 0.05) is 28.1 Å². The lowest BCUT2D eigenvalue weighted by molar-refractivity contribution is 0.168. The van der Waals surface area contributed by atoms with Gasteiger partial charge in [-0.1, -0.05) is 13.8 Å². The van der Waals surface area contributed by atoms with Gasteiger partial charge in [-0.2, -0.15) is 0 Å². The fraction of sp³-hybridized carbons (Fsp3) is 0.615. The molecule has 3 nitrogen and oxygen atoms in total. The van der Waals surface area contributed by atoms with Crippen molar-refractivity contribution in [3.05, 3.63) is 24.5 Å². The van der Waals surface area contributed by atoms with Gasteiger partial charge in [0.1, 0.15) is 0 Å². The molecule has 0 aromatic carbocycles. The number of nitrogens with zero attached hydrogens (tertiary/aromatic N) is 1. The van der Waals surface area contributed by atoms with Gasteiger partial charge < -0.3 is 10.4 Å². The predicted molar refractivity (Wildman–Crippen MR) is 73.3 cm³/mol. The van der Waals surface area contributed by atoms with E-state index in [0.717, 1.165) is 13.0 Å². The molecule has 4 heteroatoms. The van der Waals surface area contributed by atoms with Crippen LogP contribution in [0.25, 0.3) is 0 Å². The summed E-state index contributed by atoms with van der Waals surface area (Å²) in [5, 5.41) is 13.3. The van der Waals surface area contributed by atoms with Crippen LogP contribution in [0, 0.1) is 0 Å². The van der Waals surface area contributed by atoms with Crippen molar-refractivity contribution in [3.63, 3.8) is 0 Å². The fourth-order valence-corrected chi connectivity index (χ4v) is 3.14. The molecule has 2 N–H and O–H groups in total. The highest BCUT2D eigenvalue weighted by Crippen LogP contribution is 2.28. The van der Waals surface area contributed by atoms with E-state index in [0.29, 0.717) is 5.25 Å². The lowest BCUT2D eigenvalue weighted by atomic mass is 9.97. The second-order valence-corrected chi connectivity index (χ2v) is 6.08. The minimum atomic E-state index is -0.186. The van der Waals surface area contributed by atoms with Crippen molar-refractivity contribution in [1.82, 2.24) is 10.3 Å². The van der Waals surface area contributed by atoms with Crippen LogP contribution in [0.15, 0.2) is 29.4 Å². The van der Waals surface area contributed by atoms with Crippen LogP contribution in [0.5, 0.6) is 0 Å². The SMILES string of the molecule is CCNC(C)(CO)CC(C)Sc1ccncc1. The van der Waals surface area contributed by atoms with Crippen LogP contribution in [0.2, 0.25) is 0 Å². The number of aliphatic hydroxyl groups is 1. The van der Waals surface area contributed by atoms with Crippen molar-refractivity contribution < 1.29 is 5.11 Å². The normalized spacial score (nSPS) is 16.5. The van der Waals surface area contributed by atoms with E-state index in [1.807, 2.05) is 36.3 Å². The van der Waals surface area contributed by atoms with E-state index in [4.69, 9.17) is 0 Å². The molecule has 2 atom stereocenters. The summed E-state index contributed by atoms with van der Waals surface area (Å²) >= 11 is 1.82. The highest BCUT2D eigenvalue weighted by molar-refractivity contribution is 7.99. The summed E-state index contributed by atoms with van der Waals surface area (Å²) in [6.07, 6.45) is 4.56. The van der Waals surface area contributed by atoms with Gasteiger partial charge in [-0.15, -0.1) is 11.8 Å². The summed E-state index contributed by atoms with van der Waals surface area (Å²) < 4.78 is 0. The molecule has 1 heterocycles. The maximum Gasteiger partial charge on any atom is 0.0611 e. The van der Waals surface area contributed by atoms with Crippen LogP contribution in [-0.2, 0) is 0 Å². The van der Waals surface area contributed by atoms with Gasteiger partial charge in [-0.3, -0.25) is 4.98 Å². The minimum absolute atomic E-state index is 0.169. The van der Waals surface area contributed by atoms with Crippen molar-refractivity contribution >= 4 is 11.8 Å². The number of aromatic nitrogens is 1. The van der Waals surface area contributed by atoms with Crippen molar-refractivity contribution in [3.8, 4) is 0 Å². The maximum absolute atomic E-state index is 9.45. The Balaban J connectivity index is 2.51. The third-order valence-corrected chi connectivity index (χ3v) is 3.79. The zero-order valence-electron chi connectivity index (χ0n) is 10.8. The van der Waals surface area contributed by atoms with E-state index in [2.05, 4.69) is 31.1 Å². The van der Waals surface area contributed by atoms with Gasteiger partial charge in [0.2, 0.25) is 0 Å². The van der Waals surface area contributed by atoms with Crippen molar-refractivity contribution in [2.75, 3.05) is 13.2 Å². The molecule has 0 saturated carbocycles. The molecule has 0 saturated heterocycles. The molecule has 0 aliphatic carbocycles. The lowest BCUT2D eigenvalue weighted by Gasteiger charge is -2.31. The first-order chi connectivity index (χ1) is 8.09. The highest BCUT2D eigenvalue weighted by atomic mass is 32.2. The highest BCUT2D eigenvalue weighted by Gasteiger charge is 2.24. The molecule has 96 valence electrons. The van der Waals surface area contributed by atoms with Crippen molar-refractivity contribution in [2.24, 2.45) is 0 Å². The van der Waals surface area contributed by atoms with E-state index in [9.17, 15) is 5.11 Å².